The molecule has 1 aromatic rings. The summed E-state index contributed by atoms with van der Waals surface area (Å²) in [7, 11) is 0. The van der Waals surface area contributed by atoms with Crippen LogP contribution in [-0.4, -0.2) is 30.1 Å². The largest absolute Gasteiger partial charge is 0.492 e. The first-order chi connectivity index (χ1) is 8.68. The van der Waals surface area contributed by atoms with Crippen molar-refractivity contribution in [2.24, 2.45) is 11.8 Å². The number of para-hydroxylation sites is 1. The molecule has 0 heterocycles. The summed E-state index contributed by atoms with van der Waals surface area (Å²) in [6, 6.07) is 9.31. The number of carboxylic acid groups (broad SMARTS) is 1. The predicted octanol–water partition coefficient (Wildman–Crippen LogP) is 0.902. The number of carbonyl (C=O) groups excluding carboxylic acids is 1. The maximum Gasteiger partial charge on any atom is 0.307 e. The molecule has 0 bridgehead atoms. The maximum absolute atomic E-state index is 11.5. The second-order valence-electron chi connectivity index (χ2n) is 4.24. The summed E-state index contributed by atoms with van der Waals surface area (Å²) in [6.45, 7) is 0.761. The molecule has 2 N–H and O–H groups in total. The highest BCUT2D eigenvalue weighted by Gasteiger charge is 2.48. The maximum atomic E-state index is 11.5. The van der Waals surface area contributed by atoms with Gasteiger partial charge in [-0.25, -0.2) is 0 Å². The molecule has 5 heteroatoms. The van der Waals surface area contributed by atoms with Crippen molar-refractivity contribution in [1.29, 1.82) is 0 Å². The highest BCUT2D eigenvalue weighted by atomic mass is 16.5. The number of rotatable bonds is 6. The Morgan fingerprint density at radius 2 is 2.00 bits per heavy atom. The standard InChI is InChI=1S/C13H15NO4/c15-12(10-8-11(10)13(16)17)14-6-7-18-9-4-2-1-3-5-9/h1-5,10-11H,6-8H2,(H,14,15)(H,16,17). The summed E-state index contributed by atoms with van der Waals surface area (Å²) in [6.07, 6.45) is 0.445. The molecular weight excluding hydrogens is 234 g/mol. The number of carbonyl (C=O) groups is 2. The van der Waals surface area contributed by atoms with Gasteiger partial charge in [0.2, 0.25) is 5.91 Å². The first-order valence-electron chi connectivity index (χ1n) is 5.87. The van der Waals surface area contributed by atoms with Gasteiger partial charge in [-0.2, -0.15) is 0 Å². The second kappa shape index (κ2) is 5.53. The summed E-state index contributed by atoms with van der Waals surface area (Å²) < 4.78 is 5.40. The molecule has 1 saturated carbocycles. The van der Waals surface area contributed by atoms with Crippen LogP contribution in [0.25, 0.3) is 0 Å². The van der Waals surface area contributed by atoms with E-state index >= 15 is 0 Å². The van der Waals surface area contributed by atoms with Gasteiger partial charge in [-0.3, -0.25) is 9.59 Å². The van der Waals surface area contributed by atoms with E-state index in [4.69, 9.17) is 9.84 Å². The van der Waals surface area contributed by atoms with Crippen molar-refractivity contribution in [1.82, 2.24) is 5.32 Å². The number of aliphatic carboxylic acids is 1. The van der Waals surface area contributed by atoms with Gasteiger partial charge in [0.15, 0.2) is 0 Å². The van der Waals surface area contributed by atoms with Gasteiger partial charge in [-0.15, -0.1) is 0 Å². The number of hydrogen-bond acceptors (Lipinski definition) is 3. The van der Waals surface area contributed by atoms with Crippen LogP contribution in [0, 0.1) is 11.8 Å². The summed E-state index contributed by atoms with van der Waals surface area (Å²) in [5.41, 5.74) is 0. The van der Waals surface area contributed by atoms with Crippen molar-refractivity contribution in [3.63, 3.8) is 0 Å². The van der Waals surface area contributed by atoms with Crippen molar-refractivity contribution in [3.8, 4) is 5.75 Å². The van der Waals surface area contributed by atoms with E-state index in [1.807, 2.05) is 30.3 Å². The monoisotopic (exact) mass is 249 g/mol. The van der Waals surface area contributed by atoms with Crippen LogP contribution in [0.4, 0.5) is 0 Å². The van der Waals surface area contributed by atoms with Gasteiger partial charge in [-0.05, 0) is 18.6 Å². The number of ether oxygens (including phenoxy) is 1. The minimum absolute atomic E-state index is 0.195. The second-order valence-corrected chi connectivity index (χ2v) is 4.24. The lowest BCUT2D eigenvalue weighted by Gasteiger charge is -2.07. The number of nitrogens with one attached hydrogen (secondary N) is 1. The van der Waals surface area contributed by atoms with Crippen LogP contribution in [-0.2, 0) is 9.59 Å². The Hall–Kier alpha value is -2.04. The molecular formula is C13H15NO4. The molecule has 1 aromatic carbocycles. The predicted molar refractivity (Wildman–Crippen MR) is 64.2 cm³/mol. The minimum Gasteiger partial charge on any atom is -0.492 e. The Balaban J connectivity index is 1.62. The Labute approximate surface area is 105 Å². The van der Waals surface area contributed by atoms with Gasteiger partial charge >= 0.3 is 5.97 Å². The molecule has 2 atom stereocenters. The van der Waals surface area contributed by atoms with Crippen molar-refractivity contribution in [2.75, 3.05) is 13.2 Å². The third-order valence-electron chi connectivity index (χ3n) is 2.86. The van der Waals surface area contributed by atoms with E-state index in [2.05, 4.69) is 5.32 Å². The van der Waals surface area contributed by atoms with Crippen molar-refractivity contribution in [2.45, 2.75) is 6.42 Å². The molecule has 0 radical (unpaired) electrons. The lowest BCUT2D eigenvalue weighted by Crippen LogP contribution is -2.30. The van der Waals surface area contributed by atoms with Crippen LogP contribution in [0.3, 0.4) is 0 Å². The number of benzene rings is 1. The van der Waals surface area contributed by atoms with Gasteiger partial charge in [0.25, 0.3) is 0 Å². The Morgan fingerprint density at radius 3 is 2.61 bits per heavy atom. The van der Waals surface area contributed by atoms with E-state index in [9.17, 15) is 9.59 Å². The highest BCUT2D eigenvalue weighted by Crippen LogP contribution is 2.38. The van der Waals surface area contributed by atoms with Crippen molar-refractivity contribution >= 4 is 11.9 Å². The third kappa shape index (κ3) is 3.23. The average molecular weight is 249 g/mol. The number of hydrogen-bond donors (Lipinski definition) is 2. The van der Waals surface area contributed by atoms with Crippen molar-refractivity contribution in [3.05, 3.63) is 30.3 Å². The molecule has 2 rings (SSSR count). The normalized spacial score (nSPS) is 21.1. The molecule has 0 saturated heterocycles. The molecule has 18 heavy (non-hydrogen) atoms. The molecule has 2 unspecified atom stereocenters. The van der Waals surface area contributed by atoms with Gasteiger partial charge in [0.1, 0.15) is 12.4 Å². The highest BCUT2D eigenvalue weighted by molar-refractivity contribution is 5.89. The van der Waals surface area contributed by atoms with E-state index in [1.165, 1.54) is 0 Å². The van der Waals surface area contributed by atoms with Crippen LogP contribution in [0.15, 0.2) is 30.3 Å². The lowest BCUT2D eigenvalue weighted by atomic mass is 10.3. The average Bonchev–Trinajstić information content (AvgIpc) is 3.16. The summed E-state index contributed by atoms with van der Waals surface area (Å²) in [5.74, 6) is -1.20. The van der Waals surface area contributed by atoms with Crippen molar-refractivity contribution < 1.29 is 19.4 Å². The van der Waals surface area contributed by atoms with E-state index in [0.717, 1.165) is 5.75 Å². The minimum atomic E-state index is -0.893. The molecule has 1 aliphatic rings. The zero-order valence-corrected chi connectivity index (χ0v) is 9.83. The van der Waals surface area contributed by atoms with Crippen LogP contribution in [0.2, 0.25) is 0 Å². The molecule has 0 aromatic heterocycles. The Bertz CT molecular complexity index is 432. The van der Waals surface area contributed by atoms with E-state index in [-0.39, 0.29) is 11.8 Å². The molecule has 1 amide bonds. The summed E-state index contributed by atoms with van der Waals surface area (Å²) in [4.78, 5) is 22.1. The zero-order chi connectivity index (χ0) is 13.0. The van der Waals surface area contributed by atoms with Gasteiger partial charge in [-0.1, -0.05) is 18.2 Å². The van der Waals surface area contributed by atoms with Gasteiger partial charge in [0, 0.05) is 0 Å². The SMILES string of the molecule is O=C(O)C1CC1C(=O)NCCOc1ccccc1. The van der Waals surface area contributed by atoms with Crippen LogP contribution >= 0.6 is 0 Å². The molecule has 0 spiro atoms. The summed E-state index contributed by atoms with van der Waals surface area (Å²) >= 11 is 0. The fourth-order valence-corrected chi connectivity index (χ4v) is 1.75. The van der Waals surface area contributed by atoms with Crippen LogP contribution in [0.5, 0.6) is 5.75 Å². The van der Waals surface area contributed by atoms with E-state index < -0.39 is 11.9 Å². The van der Waals surface area contributed by atoms with E-state index in [0.29, 0.717) is 19.6 Å². The fourth-order valence-electron chi connectivity index (χ4n) is 1.75. The lowest BCUT2D eigenvalue weighted by molar-refractivity contribution is -0.140. The van der Waals surface area contributed by atoms with Gasteiger partial charge in [0.05, 0.1) is 18.4 Å². The number of carboxylic acids is 1. The number of amides is 1. The topological polar surface area (TPSA) is 75.6 Å². The van der Waals surface area contributed by atoms with E-state index in [1.54, 1.807) is 0 Å². The molecule has 5 nitrogen and oxygen atoms in total. The summed E-state index contributed by atoms with van der Waals surface area (Å²) in [5, 5.41) is 11.4. The molecule has 1 aliphatic carbocycles. The third-order valence-corrected chi connectivity index (χ3v) is 2.86. The fraction of sp³-hybridized carbons (Fsp3) is 0.385. The Kier molecular flexibility index (Phi) is 3.82. The van der Waals surface area contributed by atoms with Gasteiger partial charge < -0.3 is 15.2 Å². The van der Waals surface area contributed by atoms with Crippen LogP contribution < -0.4 is 10.1 Å². The van der Waals surface area contributed by atoms with Crippen LogP contribution in [0.1, 0.15) is 6.42 Å². The Morgan fingerprint density at radius 1 is 1.28 bits per heavy atom. The first kappa shape index (κ1) is 12.4. The molecule has 1 fully saturated rings. The molecule has 0 aliphatic heterocycles. The zero-order valence-electron chi connectivity index (χ0n) is 9.83. The quantitative estimate of drug-likeness (QED) is 0.734. The first-order valence-corrected chi connectivity index (χ1v) is 5.87. The molecule has 96 valence electrons. The smallest absolute Gasteiger partial charge is 0.307 e.